The third-order valence-electron chi connectivity index (χ3n) is 3.19. The summed E-state index contributed by atoms with van der Waals surface area (Å²) in [5, 5.41) is 32.5. The van der Waals surface area contributed by atoms with Crippen LogP contribution in [-0.2, 0) is 22.6 Å². The lowest BCUT2D eigenvalue weighted by Crippen LogP contribution is -2.25. The number of rotatable bonds is 7. The van der Waals surface area contributed by atoms with Gasteiger partial charge in [-0.05, 0) is 17.5 Å². The van der Waals surface area contributed by atoms with E-state index in [0.29, 0.717) is 11.1 Å². The first kappa shape index (κ1) is 16.1. The summed E-state index contributed by atoms with van der Waals surface area (Å²) in [6.45, 7) is 0.256. The van der Waals surface area contributed by atoms with E-state index in [1.165, 1.54) is 29.2 Å². The maximum Gasteiger partial charge on any atom is 0.318 e. The van der Waals surface area contributed by atoms with Gasteiger partial charge in [-0.15, -0.1) is 0 Å². The van der Waals surface area contributed by atoms with Crippen molar-refractivity contribution in [3.63, 3.8) is 0 Å². The van der Waals surface area contributed by atoms with E-state index in [2.05, 4.69) is 5.10 Å². The molecule has 2 N–H and O–H groups in total. The SMILES string of the molecule is O=C(O)C(Cc1cnn(Cc2cccc([N+](=O)[O-])c2)c1)C(=O)O. The number of aliphatic carboxylic acids is 2. The number of carboxylic acids is 2. The highest BCUT2D eigenvalue weighted by molar-refractivity contribution is 5.93. The lowest BCUT2D eigenvalue weighted by Gasteiger charge is -2.05. The van der Waals surface area contributed by atoms with Crippen molar-refractivity contribution >= 4 is 17.6 Å². The van der Waals surface area contributed by atoms with Crippen molar-refractivity contribution in [1.29, 1.82) is 0 Å². The van der Waals surface area contributed by atoms with Gasteiger partial charge in [0.2, 0.25) is 0 Å². The van der Waals surface area contributed by atoms with Crippen molar-refractivity contribution < 1.29 is 24.7 Å². The number of hydrogen-bond acceptors (Lipinski definition) is 5. The molecule has 9 nitrogen and oxygen atoms in total. The highest BCUT2D eigenvalue weighted by Crippen LogP contribution is 2.15. The van der Waals surface area contributed by atoms with Crippen molar-refractivity contribution in [2.45, 2.75) is 13.0 Å². The fourth-order valence-electron chi connectivity index (χ4n) is 2.07. The average molecular weight is 319 g/mol. The van der Waals surface area contributed by atoms with Crippen LogP contribution in [0.25, 0.3) is 0 Å². The van der Waals surface area contributed by atoms with Crippen molar-refractivity contribution in [2.75, 3.05) is 0 Å². The van der Waals surface area contributed by atoms with Gasteiger partial charge in [-0.2, -0.15) is 5.10 Å². The monoisotopic (exact) mass is 319 g/mol. The van der Waals surface area contributed by atoms with Gasteiger partial charge in [-0.1, -0.05) is 12.1 Å². The third-order valence-corrected chi connectivity index (χ3v) is 3.19. The molecule has 9 heteroatoms. The van der Waals surface area contributed by atoms with Crippen LogP contribution in [-0.4, -0.2) is 36.9 Å². The minimum atomic E-state index is -1.54. The van der Waals surface area contributed by atoms with Crippen LogP contribution in [0.1, 0.15) is 11.1 Å². The first-order valence-corrected chi connectivity index (χ1v) is 6.57. The van der Waals surface area contributed by atoms with Gasteiger partial charge in [0.1, 0.15) is 0 Å². The molecule has 0 aliphatic rings. The number of nitro benzene ring substituents is 1. The molecule has 0 aliphatic heterocycles. The van der Waals surface area contributed by atoms with Gasteiger partial charge in [0.15, 0.2) is 5.92 Å². The third kappa shape index (κ3) is 4.13. The van der Waals surface area contributed by atoms with Crippen molar-refractivity contribution in [3.05, 3.63) is 57.9 Å². The Labute approximate surface area is 129 Å². The molecule has 23 heavy (non-hydrogen) atoms. The smallest absolute Gasteiger partial charge is 0.318 e. The Hall–Kier alpha value is -3.23. The van der Waals surface area contributed by atoms with Crippen molar-refractivity contribution in [2.24, 2.45) is 5.92 Å². The number of carboxylic acid groups (broad SMARTS) is 2. The van der Waals surface area contributed by atoms with Crippen LogP contribution in [0.4, 0.5) is 5.69 Å². The Morgan fingerprint density at radius 2 is 1.96 bits per heavy atom. The Kier molecular flexibility index (Phi) is 4.69. The number of non-ortho nitro benzene ring substituents is 1. The zero-order chi connectivity index (χ0) is 17.0. The molecular weight excluding hydrogens is 306 g/mol. The Balaban J connectivity index is 2.10. The second-order valence-electron chi connectivity index (χ2n) is 4.91. The van der Waals surface area contributed by atoms with Crippen LogP contribution in [0, 0.1) is 16.0 Å². The lowest BCUT2D eigenvalue weighted by atomic mass is 10.0. The highest BCUT2D eigenvalue weighted by atomic mass is 16.6. The van der Waals surface area contributed by atoms with E-state index < -0.39 is 22.8 Å². The van der Waals surface area contributed by atoms with Gasteiger partial charge in [0.05, 0.1) is 17.7 Å². The Bertz CT molecular complexity index is 740. The first-order chi connectivity index (χ1) is 10.9. The predicted molar refractivity (Wildman–Crippen MR) is 76.9 cm³/mol. The number of carbonyl (C=O) groups is 2. The molecule has 0 unspecified atom stereocenters. The summed E-state index contributed by atoms with van der Waals surface area (Å²) in [5.74, 6) is -4.36. The van der Waals surface area contributed by atoms with Gasteiger partial charge in [0, 0.05) is 18.3 Å². The molecule has 1 aromatic heterocycles. The van der Waals surface area contributed by atoms with Crippen molar-refractivity contribution in [3.8, 4) is 0 Å². The van der Waals surface area contributed by atoms with E-state index in [4.69, 9.17) is 10.2 Å². The molecule has 0 saturated heterocycles. The van der Waals surface area contributed by atoms with Gasteiger partial charge in [-0.25, -0.2) is 0 Å². The van der Waals surface area contributed by atoms with E-state index in [-0.39, 0.29) is 18.7 Å². The molecule has 0 atom stereocenters. The summed E-state index contributed by atoms with van der Waals surface area (Å²) in [6, 6.07) is 6.05. The van der Waals surface area contributed by atoms with E-state index in [0.717, 1.165) is 0 Å². The number of benzene rings is 1. The second kappa shape index (κ2) is 6.69. The zero-order valence-corrected chi connectivity index (χ0v) is 11.8. The molecule has 2 aromatic rings. The second-order valence-corrected chi connectivity index (χ2v) is 4.91. The summed E-state index contributed by atoms with van der Waals surface area (Å²) in [6.07, 6.45) is 2.73. The fraction of sp³-hybridized carbons (Fsp3) is 0.214. The summed E-state index contributed by atoms with van der Waals surface area (Å²) in [4.78, 5) is 32.0. The minimum absolute atomic E-state index is 0.0355. The number of nitrogens with zero attached hydrogens (tertiary/aromatic N) is 3. The number of aromatic nitrogens is 2. The number of nitro groups is 1. The van der Waals surface area contributed by atoms with Gasteiger partial charge < -0.3 is 10.2 Å². The summed E-state index contributed by atoms with van der Waals surface area (Å²) in [7, 11) is 0. The topological polar surface area (TPSA) is 136 Å². The van der Waals surface area contributed by atoms with Gasteiger partial charge in [0.25, 0.3) is 5.69 Å². The van der Waals surface area contributed by atoms with Crippen LogP contribution >= 0.6 is 0 Å². The van der Waals surface area contributed by atoms with Gasteiger partial charge in [-0.3, -0.25) is 24.4 Å². The highest BCUT2D eigenvalue weighted by Gasteiger charge is 2.26. The van der Waals surface area contributed by atoms with E-state index >= 15 is 0 Å². The molecule has 0 aliphatic carbocycles. The zero-order valence-electron chi connectivity index (χ0n) is 11.8. The lowest BCUT2D eigenvalue weighted by molar-refractivity contribution is -0.384. The molecule has 0 fully saturated rings. The first-order valence-electron chi connectivity index (χ1n) is 6.57. The number of hydrogen-bond donors (Lipinski definition) is 2. The standard InChI is InChI=1S/C14H13N3O6/c18-13(19)12(14(20)21)5-10-6-15-16(8-10)7-9-2-1-3-11(4-9)17(22)23/h1-4,6,8,12H,5,7H2,(H,18,19)(H,20,21). The molecule has 2 rings (SSSR count). The predicted octanol–water partition coefficient (Wildman–Crippen LogP) is 1.17. The summed E-state index contributed by atoms with van der Waals surface area (Å²) in [5.41, 5.74) is 1.08. The minimum Gasteiger partial charge on any atom is -0.481 e. The molecule has 0 radical (unpaired) electrons. The van der Waals surface area contributed by atoms with E-state index in [1.54, 1.807) is 12.1 Å². The van der Waals surface area contributed by atoms with E-state index in [9.17, 15) is 19.7 Å². The quantitative estimate of drug-likeness (QED) is 0.444. The van der Waals surface area contributed by atoms with Crippen LogP contribution in [0.2, 0.25) is 0 Å². The van der Waals surface area contributed by atoms with Crippen LogP contribution < -0.4 is 0 Å². The molecule has 0 bridgehead atoms. The Morgan fingerprint density at radius 1 is 1.26 bits per heavy atom. The molecule has 120 valence electrons. The molecule has 1 aromatic carbocycles. The summed E-state index contributed by atoms with van der Waals surface area (Å²) < 4.78 is 1.47. The maximum absolute atomic E-state index is 10.9. The fourth-order valence-corrected chi connectivity index (χ4v) is 2.07. The van der Waals surface area contributed by atoms with E-state index in [1.807, 2.05) is 0 Å². The Morgan fingerprint density at radius 3 is 2.57 bits per heavy atom. The largest absolute Gasteiger partial charge is 0.481 e. The van der Waals surface area contributed by atoms with Crippen molar-refractivity contribution in [1.82, 2.24) is 9.78 Å². The molecule has 0 spiro atoms. The molecular formula is C14H13N3O6. The van der Waals surface area contributed by atoms with Crippen LogP contribution in [0.5, 0.6) is 0 Å². The normalized spacial score (nSPS) is 10.7. The molecule has 1 heterocycles. The summed E-state index contributed by atoms with van der Waals surface area (Å²) >= 11 is 0. The van der Waals surface area contributed by atoms with Crippen LogP contribution in [0.15, 0.2) is 36.7 Å². The van der Waals surface area contributed by atoms with Gasteiger partial charge >= 0.3 is 11.9 Å². The van der Waals surface area contributed by atoms with Crippen LogP contribution in [0.3, 0.4) is 0 Å². The molecule has 0 saturated carbocycles. The average Bonchev–Trinajstić information content (AvgIpc) is 2.91. The maximum atomic E-state index is 10.9. The molecule has 0 amide bonds.